The number of piperazine rings is 1. The molecule has 6 heteroatoms. The minimum atomic E-state index is -0.121. The summed E-state index contributed by atoms with van der Waals surface area (Å²) in [6, 6.07) is 0.466. The third kappa shape index (κ3) is 3.25. The molecule has 0 aliphatic carbocycles. The average Bonchev–Trinajstić information content (AvgIpc) is 2.46. The van der Waals surface area contributed by atoms with Crippen LogP contribution in [0.15, 0.2) is 12.4 Å². The Balaban J connectivity index is 2.08. The van der Waals surface area contributed by atoms with Crippen molar-refractivity contribution in [2.24, 2.45) is 5.92 Å². The van der Waals surface area contributed by atoms with Crippen LogP contribution in [0.5, 0.6) is 0 Å². The summed E-state index contributed by atoms with van der Waals surface area (Å²) in [5, 5.41) is 3.51. The summed E-state index contributed by atoms with van der Waals surface area (Å²) < 4.78 is 0. The molecule has 0 saturated carbocycles. The van der Waals surface area contributed by atoms with Gasteiger partial charge < -0.3 is 15.1 Å². The summed E-state index contributed by atoms with van der Waals surface area (Å²) in [6.07, 6.45) is 3.25. The van der Waals surface area contributed by atoms with Crippen LogP contribution in [0, 0.1) is 5.92 Å². The summed E-state index contributed by atoms with van der Waals surface area (Å²) in [5.74, 6) is 1.30. The number of nitrogens with zero attached hydrogens (tertiary/aromatic N) is 4. The highest BCUT2D eigenvalue weighted by atomic mass is 16.2. The second kappa shape index (κ2) is 6.17. The van der Waals surface area contributed by atoms with Gasteiger partial charge in [0.2, 0.25) is 0 Å². The van der Waals surface area contributed by atoms with Crippen LogP contribution in [-0.4, -0.2) is 60.5 Å². The SMILES string of the molecule is CC(C)C1CN(c2cnc(C(=O)N(C)C)cn2)CCN1. The van der Waals surface area contributed by atoms with Gasteiger partial charge >= 0.3 is 0 Å². The van der Waals surface area contributed by atoms with E-state index < -0.39 is 0 Å². The lowest BCUT2D eigenvalue weighted by Crippen LogP contribution is -2.53. The largest absolute Gasteiger partial charge is 0.352 e. The van der Waals surface area contributed by atoms with Crippen molar-refractivity contribution >= 4 is 11.7 Å². The molecule has 1 aromatic rings. The lowest BCUT2D eigenvalue weighted by atomic mass is 10.0. The van der Waals surface area contributed by atoms with Crippen molar-refractivity contribution in [2.45, 2.75) is 19.9 Å². The zero-order valence-corrected chi connectivity index (χ0v) is 12.6. The molecule has 2 heterocycles. The standard InChI is InChI=1S/C14H23N5O/c1-10(2)12-9-19(6-5-15-12)13-8-16-11(7-17-13)14(20)18(3)4/h7-8,10,12,15H,5-6,9H2,1-4H3. The van der Waals surface area contributed by atoms with Crippen LogP contribution in [0.25, 0.3) is 0 Å². The van der Waals surface area contributed by atoms with E-state index in [0.717, 1.165) is 25.5 Å². The van der Waals surface area contributed by atoms with Crippen LogP contribution in [0.1, 0.15) is 24.3 Å². The van der Waals surface area contributed by atoms with Gasteiger partial charge in [-0.05, 0) is 5.92 Å². The third-order valence-electron chi connectivity index (χ3n) is 3.60. The van der Waals surface area contributed by atoms with Crippen molar-refractivity contribution in [3.8, 4) is 0 Å². The number of carbonyl (C=O) groups excluding carboxylic acids is 1. The molecule has 110 valence electrons. The van der Waals surface area contributed by atoms with Gasteiger partial charge in [0, 0.05) is 39.8 Å². The Labute approximate surface area is 120 Å². The first-order valence-electron chi connectivity index (χ1n) is 7.01. The van der Waals surface area contributed by atoms with E-state index in [2.05, 4.69) is 34.0 Å². The summed E-state index contributed by atoms with van der Waals surface area (Å²) in [5.41, 5.74) is 0.384. The molecule has 0 bridgehead atoms. The van der Waals surface area contributed by atoms with Crippen LogP contribution >= 0.6 is 0 Å². The van der Waals surface area contributed by atoms with Gasteiger partial charge in [-0.25, -0.2) is 9.97 Å². The van der Waals surface area contributed by atoms with E-state index in [0.29, 0.717) is 17.7 Å². The molecule has 20 heavy (non-hydrogen) atoms. The number of carbonyl (C=O) groups is 1. The molecule has 2 rings (SSSR count). The van der Waals surface area contributed by atoms with Crippen molar-refractivity contribution in [3.63, 3.8) is 0 Å². The van der Waals surface area contributed by atoms with Gasteiger partial charge in [-0.15, -0.1) is 0 Å². The second-order valence-electron chi connectivity index (χ2n) is 5.71. The molecular weight excluding hydrogens is 254 g/mol. The number of aromatic nitrogens is 2. The molecular formula is C14H23N5O. The quantitative estimate of drug-likeness (QED) is 0.877. The topological polar surface area (TPSA) is 61.4 Å². The highest BCUT2D eigenvalue weighted by Gasteiger charge is 2.23. The zero-order valence-electron chi connectivity index (χ0n) is 12.6. The molecule has 1 fully saturated rings. The molecule has 1 amide bonds. The Kier molecular flexibility index (Phi) is 4.54. The van der Waals surface area contributed by atoms with Crippen LogP contribution < -0.4 is 10.2 Å². The van der Waals surface area contributed by atoms with E-state index in [-0.39, 0.29) is 5.91 Å². The molecule has 0 spiro atoms. The van der Waals surface area contributed by atoms with Crippen molar-refractivity contribution < 1.29 is 4.79 Å². The van der Waals surface area contributed by atoms with Crippen LogP contribution in [0.3, 0.4) is 0 Å². The lowest BCUT2D eigenvalue weighted by molar-refractivity contribution is 0.0821. The van der Waals surface area contributed by atoms with E-state index in [4.69, 9.17) is 0 Å². The van der Waals surface area contributed by atoms with Gasteiger partial charge in [0.15, 0.2) is 0 Å². The molecule has 1 unspecified atom stereocenters. The summed E-state index contributed by atoms with van der Waals surface area (Å²) >= 11 is 0. The van der Waals surface area contributed by atoms with Crippen molar-refractivity contribution in [3.05, 3.63) is 18.1 Å². The number of hydrogen-bond donors (Lipinski definition) is 1. The first kappa shape index (κ1) is 14.7. The predicted octanol–water partition coefficient (Wildman–Crippen LogP) is 0.613. The highest BCUT2D eigenvalue weighted by molar-refractivity contribution is 5.91. The van der Waals surface area contributed by atoms with Gasteiger partial charge in [0.1, 0.15) is 11.5 Å². The smallest absolute Gasteiger partial charge is 0.273 e. The molecule has 1 atom stereocenters. The van der Waals surface area contributed by atoms with Gasteiger partial charge in [-0.3, -0.25) is 4.79 Å². The van der Waals surface area contributed by atoms with Crippen molar-refractivity contribution in [2.75, 3.05) is 38.6 Å². The van der Waals surface area contributed by atoms with Crippen LogP contribution in [0.2, 0.25) is 0 Å². The fourth-order valence-corrected chi connectivity index (χ4v) is 2.26. The maximum atomic E-state index is 11.8. The van der Waals surface area contributed by atoms with E-state index in [9.17, 15) is 4.79 Å². The number of hydrogen-bond acceptors (Lipinski definition) is 5. The minimum absolute atomic E-state index is 0.121. The molecule has 1 aliphatic rings. The minimum Gasteiger partial charge on any atom is -0.352 e. The number of amides is 1. The maximum Gasteiger partial charge on any atom is 0.273 e. The Hall–Kier alpha value is -1.69. The van der Waals surface area contributed by atoms with Crippen LogP contribution in [0.4, 0.5) is 5.82 Å². The molecule has 6 nitrogen and oxygen atoms in total. The number of nitrogens with one attached hydrogen (secondary N) is 1. The fraction of sp³-hybridized carbons (Fsp3) is 0.643. The van der Waals surface area contributed by atoms with Gasteiger partial charge in [0.25, 0.3) is 5.91 Å². The number of anilines is 1. The van der Waals surface area contributed by atoms with E-state index in [1.165, 1.54) is 4.90 Å². The Bertz CT molecular complexity index is 457. The third-order valence-corrected chi connectivity index (χ3v) is 3.60. The van der Waals surface area contributed by atoms with Crippen molar-refractivity contribution in [1.82, 2.24) is 20.2 Å². The van der Waals surface area contributed by atoms with Gasteiger partial charge in [0.05, 0.1) is 12.4 Å². The Morgan fingerprint density at radius 3 is 2.70 bits per heavy atom. The molecule has 1 saturated heterocycles. The number of rotatable bonds is 3. The van der Waals surface area contributed by atoms with Gasteiger partial charge in [-0.2, -0.15) is 0 Å². The summed E-state index contributed by atoms with van der Waals surface area (Å²) in [4.78, 5) is 24.1. The monoisotopic (exact) mass is 277 g/mol. The summed E-state index contributed by atoms with van der Waals surface area (Å²) in [7, 11) is 3.42. The first-order valence-corrected chi connectivity index (χ1v) is 7.01. The second-order valence-corrected chi connectivity index (χ2v) is 5.71. The zero-order chi connectivity index (χ0) is 14.7. The molecule has 0 radical (unpaired) electrons. The predicted molar refractivity (Wildman–Crippen MR) is 78.9 cm³/mol. The normalized spacial score (nSPS) is 19.2. The Morgan fingerprint density at radius 1 is 1.40 bits per heavy atom. The molecule has 1 N–H and O–H groups in total. The lowest BCUT2D eigenvalue weighted by Gasteiger charge is -2.36. The van der Waals surface area contributed by atoms with E-state index in [1.807, 2.05) is 0 Å². The highest BCUT2D eigenvalue weighted by Crippen LogP contribution is 2.15. The van der Waals surface area contributed by atoms with Crippen molar-refractivity contribution in [1.29, 1.82) is 0 Å². The van der Waals surface area contributed by atoms with Gasteiger partial charge in [-0.1, -0.05) is 13.8 Å². The van der Waals surface area contributed by atoms with E-state index in [1.54, 1.807) is 26.5 Å². The maximum absolute atomic E-state index is 11.8. The summed E-state index contributed by atoms with van der Waals surface area (Å²) in [6.45, 7) is 7.21. The average molecular weight is 277 g/mol. The molecule has 1 aromatic heterocycles. The van der Waals surface area contributed by atoms with Crippen LogP contribution in [-0.2, 0) is 0 Å². The Morgan fingerprint density at radius 2 is 2.15 bits per heavy atom. The fourth-order valence-electron chi connectivity index (χ4n) is 2.26. The molecule has 0 aromatic carbocycles. The molecule has 1 aliphatic heterocycles. The van der Waals surface area contributed by atoms with E-state index >= 15 is 0 Å². The first-order chi connectivity index (χ1) is 9.49.